The molecule has 0 fully saturated rings. The second-order valence-electron chi connectivity index (χ2n) is 9.11. The van der Waals surface area contributed by atoms with Gasteiger partial charge in [-0.05, 0) is 57.7 Å². The molecule has 0 radical (unpaired) electrons. The number of sulfonamides is 1. The minimum absolute atomic E-state index is 0.252. The summed E-state index contributed by atoms with van der Waals surface area (Å²) in [6, 6.07) is 29.2. The van der Waals surface area contributed by atoms with Crippen molar-refractivity contribution in [2.75, 3.05) is 10.8 Å². The van der Waals surface area contributed by atoms with Crippen LogP contribution >= 0.6 is 15.9 Å². The predicted molar refractivity (Wildman–Crippen MR) is 149 cm³/mol. The Kier molecular flexibility index (Phi) is 7.60. The Bertz CT molecular complexity index is 1420. The molecule has 3 aromatic carbocycles. The maximum absolute atomic E-state index is 13.8. The molecule has 1 aliphatic heterocycles. The molecule has 0 aliphatic carbocycles. The fourth-order valence-corrected chi connectivity index (χ4v) is 6.42. The summed E-state index contributed by atoms with van der Waals surface area (Å²) in [7, 11) is -3.83. The molecule has 190 valence electrons. The van der Waals surface area contributed by atoms with Crippen molar-refractivity contribution in [1.29, 1.82) is 0 Å². The van der Waals surface area contributed by atoms with Crippen LogP contribution in [0.1, 0.15) is 23.1 Å². The number of nitrogens with zero attached hydrogens (tertiary/aromatic N) is 3. The van der Waals surface area contributed by atoms with Crippen molar-refractivity contribution in [3.05, 3.63) is 118 Å². The summed E-state index contributed by atoms with van der Waals surface area (Å²) in [5.74, 6) is 0.299. The largest absolute Gasteiger partial charge is 0.457 e. The fraction of sp³-hybridized carbons (Fsp3) is 0.207. The molecule has 8 heteroatoms. The lowest BCUT2D eigenvalue weighted by molar-refractivity contribution is 0.00839. The van der Waals surface area contributed by atoms with Crippen molar-refractivity contribution >= 4 is 31.6 Å². The summed E-state index contributed by atoms with van der Waals surface area (Å²) in [4.78, 5) is 6.99. The van der Waals surface area contributed by atoms with E-state index in [1.54, 1.807) is 30.5 Å². The van der Waals surface area contributed by atoms with Crippen LogP contribution in [0, 0.1) is 6.92 Å². The number of benzene rings is 3. The van der Waals surface area contributed by atoms with Gasteiger partial charge in [0, 0.05) is 36.7 Å². The molecule has 2 heterocycles. The lowest BCUT2D eigenvalue weighted by atomic mass is 10.1. The Morgan fingerprint density at radius 1 is 0.946 bits per heavy atom. The lowest BCUT2D eigenvalue weighted by Crippen LogP contribution is -2.40. The van der Waals surface area contributed by atoms with Crippen molar-refractivity contribution in [2.45, 2.75) is 37.6 Å². The number of hydrogen-bond acceptors (Lipinski definition) is 5. The van der Waals surface area contributed by atoms with Gasteiger partial charge in [0.15, 0.2) is 6.23 Å². The monoisotopic (exact) mass is 577 g/mol. The zero-order valence-electron chi connectivity index (χ0n) is 20.5. The van der Waals surface area contributed by atoms with Gasteiger partial charge in [0.25, 0.3) is 10.0 Å². The van der Waals surface area contributed by atoms with E-state index in [0.29, 0.717) is 35.6 Å². The van der Waals surface area contributed by atoms with E-state index in [-0.39, 0.29) is 17.7 Å². The van der Waals surface area contributed by atoms with Crippen LogP contribution in [0.3, 0.4) is 0 Å². The summed E-state index contributed by atoms with van der Waals surface area (Å²) in [6.07, 6.45) is 1.72. The summed E-state index contributed by atoms with van der Waals surface area (Å²) in [5.41, 5.74) is 3.62. The summed E-state index contributed by atoms with van der Waals surface area (Å²) in [5, 5.41) is 0. The third kappa shape index (κ3) is 5.87. The molecule has 0 N–H and O–H groups in total. The molecule has 5 rings (SSSR count). The van der Waals surface area contributed by atoms with E-state index >= 15 is 0 Å². The molecule has 37 heavy (non-hydrogen) atoms. The smallest absolute Gasteiger partial charge is 0.264 e. The van der Waals surface area contributed by atoms with Crippen LogP contribution in [-0.4, -0.2) is 31.1 Å². The average molecular weight is 579 g/mol. The Hall–Kier alpha value is -3.20. The molecule has 1 unspecified atom stereocenters. The van der Waals surface area contributed by atoms with Crippen molar-refractivity contribution in [3.8, 4) is 5.88 Å². The summed E-state index contributed by atoms with van der Waals surface area (Å²) >= 11 is 3.46. The molecule has 1 aromatic heterocycles. The number of hydrogen-bond donors (Lipinski definition) is 0. The molecule has 0 bridgehead atoms. The third-order valence-corrected chi connectivity index (χ3v) is 8.58. The summed E-state index contributed by atoms with van der Waals surface area (Å²) < 4.78 is 36.3. The first kappa shape index (κ1) is 25.4. The molecule has 0 amide bonds. The van der Waals surface area contributed by atoms with Gasteiger partial charge in [-0.1, -0.05) is 72.8 Å². The zero-order valence-corrected chi connectivity index (χ0v) is 22.9. The van der Waals surface area contributed by atoms with Gasteiger partial charge in [0.1, 0.15) is 5.69 Å². The molecular formula is C29H28BrN3O3S. The molecular weight excluding hydrogens is 550 g/mol. The SMILES string of the molecule is Cc1cccc(S(=O)(=O)N2CCC(N(Cc3ccccc3)Cc3ccccc3)Oc3ncc(Br)cc32)c1. The van der Waals surface area contributed by atoms with Gasteiger partial charge in [0.2, 0.25) is 5.88 Å². The number of ether oxygens (including phenoxy) is 1. The van der Waals surface area contributed by atoms with Gasteiger partial charge >= 0.3 is 0 Å². The van der Waals surface area contributed by atoms with Crippen LogP contribution in [0.15, 0.2) is 107 Å². The molecule has 0 spiro atoms. The number of pyridine rings is 1. The minimum atomic E-state index is -3.83. The van der Waals surface area contributed by atoms with Crippen LogP contribution in [0.4, 0.5) is 5.69 Å². The first-order valence-corrected chi connectivity index (χ1v) is 14.4. The first-order chi connectivity index (χ1) is 17.9. The Morgan fingerprint density at radius 3 is 2.22 bits per heavy atom. The number of halogens is 1. The lowest BCUT2D eigenvalue weighted by Gasteiger charge is -2.31. The highest BCUT2D eigenvalue weighted by Crippen LogP contribution is 2.37. The Labute approximate surface area is 226 Å². The van der Waals surface area contributed by atoms with Gasteiger partial charge in [-0.25, -0.2) is 13.4 Å². The van der Waals surface area contributed by atoms with Gasteiger partial charge in [-0.15, -0.1) is 0 Å². The van der Waals surface area contributed by atoms with Crippen LogP contribution in [0.25, 0.3) is 0 Å². The standard InChI is InChI=1S/C29H28BrN3O3S/c1-22-9-8-14-26(17-22)37(34,35)33-16-15-28(36-29-27(33)18-25(30)19-31-29)32(20-23-10-4-2-5-11-23)21-24-12-6-3-7-13-24/h2-14,17-19,28H,15-16,20-21H2,1H3. The minimum Gasteiger partial charge on any atom is -0.457 e. The van der Waals surface area contributed by atoms with E-state index in [4.69, 9.17) is 4.74 Å². The quantitative estimate of drug-likeness (QED) is 0.263. The molecule has 1 aliphatic rings. The van der Waals surface area contributed by atoms with Crippen LogP contribution in [0.5, 0.6) is 5.88 Å². The van der Waals surface area contributed by atoms with Crippen molar-refractivity contribution in [2.24, 2.45) is 0 Å². The highest BCUT2D eigenvalue weighted by Gasteiger charge is 2.34. The summed E-state index contributed by atoms with van der Waals surface area (Å²) in [6.45, 7) is 3.44. The van der Waals surface area contributed by atoms with Crippen LogP contribution < -0.4 is 9.04 Å². The van der Waals surface area contributed by atoms with Crippen molar-refractivity contribution < 1.29 is 13.2 Å². The molecule has 1 atom stereocenters. The number of rotatable bonds is 7. The van der Waals surface area contributed by atoms with E-state index in [0.717, 1.165) is 16.7 Å². The number of aromatic nitrogens is 1. The number of fused-ring (bicyclic) bond motifs is 1. The Morgan fingerprint density at radius 2 is 1.59 bits per heavy atom. The van der Waals surface area contributed by atoms with Gasteiger partial charge in [0.05, 0.1) is 4.90 Å². The molecule has 4 aromatic rings. The fourth-order valence-electron chi connectivity index (χ4n) is 4.53. The van der Waals surface area contributed by atoms with Crippen molar-refractivity contribution in [3.63, 3.8) is 0 Å². The number of aryl methyl sites for hydroxylation is 1. The normalized spacial score (nSPS) is 15.6. The van der Waals surface area contributed by atoms with E-state index in [1.165, 1.54) is 4.31 Å². The van der Waals surface area contributed by atoms with E-state index in [1.807, 2.05) is 49.4 Å². The van der Waals surface area contributed by atoms with E-state index < -0.39 is 10.0 Å². The number of anilines is 1. The second-order valence-corrected chi connectivity index (χ2v) is 11.9. The predicted octanol–water partition coefficient (Wildman–Crippen LogP) is 6.16. The zero-order chi connectivity index (χ0) is 25.8. The third-order valence-electron chi connectivity index (χ3n) is 6.34. The van der Waals surface area contributed by atoms with Crippen LogP contribution in [-0.2, 0) is 23.1 Å². The van der Waals surface area contributed by atoms with Crippen LogP contribution in [0.2, 0.25) is 0 Å². The Balaban J connectivity index is 1.52. The molecule has 6 nitrogen and oxygen atoms in total. The van der Waals surface area contributed by atoms with Gasteiger partial charge in [-0.3, -0.25) is 9.21 Å². The van der Waals surface area contributed by atoms with Gasteiger partial charge in [-0.2, -0.15) is 0 Å². The highest BCUT2D eigenvalue weighted by atomic mass is 79.9. The second kappa shape index (κ2) is 11.0. The first-order valence-electron chi connectivity index (χ1n) is 12.1. The van der Waals surface area contributed by atoms with Gasteiger partial charge < -0.3 is 4.74 Å². The highest BCUT2D eigenvalue weighted by molar-refractivity contribution is 9.10. The van der Waals surface area contributed by atoms with E-state index in [2.05, 4.69) is 50.1 Å². The topological polar surface area (TPSA) is 62.7 Å². The molecule has 0 saturated carbocycles. The maximum Gasteiger partial charge on any atom is 0.264 e. The van der Waals surface area contributed by atoms with Crippen molar-refractivity contribution in [1.82, 2.24) is 9.88 Å². The molecule has 0 saturated heterocycles. The maximum atomic E-state index is 13.8. The average Bonchev–Trinajstić information content (AvgIpc) is 3.09. The van der Waals surface area contributed by atoms with E-state index in [9.17, 15) is 8.42 Å².